The van der Waals surface area contributed by atoms with E-state index < -0.39 is 12.1 Å². The number of carbonyl (C=O) groups excluding carboxylic acids is 2. The average molecular weight is 383 g/mol. The lowest BCUT2D eigenvalue weighted by atomic mass is 10.2. The molecule has 0 saturated carbocycles. The van der Waals surface area contributed by atoms with Gasteiger partial charge in [-0.2, -0.15) is 5.26 Å². The Kier molecular flexibility index (Phi) is 5.82. The summed E-state index contributed by atoms with van der Waals surface area (Å²) in [6.45, 7) is 3.19. The molecule has 1 amide bonds. The maximum Gasteiger partial charge on any atom is 0.409 e. The molecule has 1 heterocycles. The fourth-order valence-electron chi connectivity index (χ4n) is 2.01. The number of rotatable bonds is 6. The molecule has 1 aliphatic rings. The molecule has 1 aromatic carbocycles. The predicted molar refractivity (Wildman–Crippen MR) is 83.2 cm³/mol. The maximum absolute atomic E-state index is 12.0. The van der Waals surface area contributed by atoms with Gasteiger partial charge in [0.05, 0.1) is 35.7 Å². The highest BCUT2D eigenvalue weighted by Gasteiger charge is 2.23. The van der Waals surface area contributed by atoms with Crippen LogP contribution in [-0.4, -0.2) is 43.3 Å². The number of halogens is 1. The molecule has 0 radical (unpaired) electrons. The minimum Gasteiger partial charge on any atom is -0.490 e. The van der Waals surface area contributed by atoms with Gasteiger partial charge in [0, 0.05) is 12.6 Å². The first kappa shape index (κ1) is 17.1. The van der Waals surface area contributed by atoms with Crippen LogP contribution in [-0.2, 0) is 9.53 Å². The van der Waals surface area contributed by atoms with Gasteiger partial charge in [-0.15, -0.1) is 0 Å². The summed E-state index contributed by atoms with van der Waals surface area (Å²) in [5.74, 6) is 0.0308. The quantitative estimate of drug-likeness (QED) is 0.554. The van der Waals surface area contributed by atoms with Gasteiger partial charge in [-0.1, -0.05) is 0 Å². The van der Waals surface area contributed by atoms with E-state index in [-0.39, 0.29) is 18.7 Å². The third-order valence-electron chi connectivity index (χ3n) is 3.09. The second kappa shape index (κ2) is 7.83. The number of hydrogen-bond donors (Lipinski definition) is 0. The molecule has 8 heteroatoms. The smallest absolute Gasteiger partial charge is 0.409 e. The fraction of sp³-hybridized carbons (Fsp3) is 0.400. The van der Waals surface area contributed by atoms with Crippen LogP contribution < -0.4 is 9.47 Å². The zero-order valence-electron chi connectivity index (χ0n) is 12.5. The van der Waals surface area contributed by atoms with Crippen LogP contribution in [0.1, 0.15) is 18.9 Å². The Morgan fingerprint density at radius 1 is 1.52 bits per heavy atom. The Hall–Kier alpha value is -2.27. The molecule has 0 N–H and O–H groups in total. The van der Waals surface area contributed by atoms with Gasteiger partial charge in [0.15, 0.2) is 11.5 Å². The van der Waals surface area contributed by atoms with Crippen LogP contribution in [0.4, 0.5) is 4.79 Å². The summed E-state index contributed by atoms with van der Waals surface area (Å²) in [5.41, 5.74) is 0.389. The Bertz CT molecular complexity index is 656. The fourth-order valence-corrected chi connectivity index (χ4v) is 2.54. The van der Waals surface area contributed by atoms with E-state index in [0.717, 1.165) is 0 Å². The molecule has 0 aromatic heterocycles. The summed E-state index contributed by atoms with van der Waals surface area (Å²) in [6.07, 6.45) is -0.389. The second-order valence-electron chi connectivity index (χ2n) is 4.66. The highest BCUT2D eigenvalue weighted by atomic mass is 79.9. The Labute approximate surface area is 141 Å². The molecule has 2 rings (SSSR count). The molecular weight excluding hydrogens is 368 g/mol. The van der Waals surface area contributed by atoms with E-state index in [4.69, 9.17) is 19.5 Å². The van der Waals surface area contributed by atoms with Gasteiger partial charge < -0.3 is 19.1 Å². The number of esters is 1. The summed E-state index contributed by atoms with van der Waals surface area (Å²) in [4.78, 5) is 24.7. The SMILES string of the molecule is CCOc1cc(C#N)cc(Br)c1OC(=O)CCN1CCOC1=O. The average Bonchev–Trinajstić information content (AvgIpc) is 2.93. The van der Waals surface area contributed by atoms with Crippen molar-refractivity contribution >= 4 is 28.0 Å². The highest BCUT2D eigenvalue weighted by molar-refractivity contribution is 9.10. The normalized spacial score (nSPS) is 13.4. The largest absolute Gasteiger partial charge is 0.490 e. The number of ether oxygens (including phenoxy) is 3. The molecule has 1 fully saturated rings. The van der Waals surface area contributed by atoms with E-state index in [1.54, 1.807) is 13.0 Å². The number of hydrogen-bond acceptors (Lipinski definition) is 6. The van der Waals surface area contributed by atoms with Crippen molar-refractivity contribution in [3.05, 3.63) is 22.2 Å². The van der Waals surface area contributed by atoms with E-state index in [1.165, 1.54) is 11.0 Å². The van der Waals surface area contributed by atoms with Crippen molar-refractivity contribution in [2.45, 2.75) is 13.3 Å². The molecular formula is C15H15BrN2O5. The third-order valence-corrected chi connectivity index (χ3v) is 3.67. The number of amides is 1. The number of cyclic esters (lactones) is 1. The minimum atomic E-state index is -0.504. The molecule has 0 spiro atoms. The van der Waals surface area contributed by atoms with Crippen molar-refractivity contribution < 1.29 is 23.8 Å². The second-order valence-corrected chi connectivity index (χ2v) is 5.51. The molecule has 1 saturated heterocycles. The Balaban J connectivity index is 2.04. The number of carbonyl (C=O) groups is 2. The monoisotopic (exact) mass is 382 g/mol. The summed E-state index contributed by atoms with van der Waals surface area (Å²) in [5, 5.41) is 8.97. The summed E-state index contributed by atoms with van der Waals surface area (Å²) in [6, 6.07) is 5.06. The number of nitrogens with zero attached hydrogens (tertiary/aromatic N) is 2. The van der Waals surface area contributed by atoms with E-state index >= 15 is 0 Å². The molecule has 1 aliphatic heterocycles. The van der Waals surface area contributed by atoms with E-state index in [1.807, 2.05) is 6.07 Å². The summed E-state index contributed by atoms with van der Waals surface area (Å²) >= 11 is 3.27. The molecule has 0 aliphatic carbocycles. The van der Waals surface area contributed by atoms with E-state index in [9.17, 15) is 9.59 Å². The van der Waals surface area contributed by atoms with Crippen molar-refractivity contribution in [2.75, 3.05) is 26.3 Å². The standard InChI is InChI=1S/C15H15BrN2O5/c1-2-21-12-8-10(9-17)7-11(16)14(12)23-13(19)3-4-18-5-6-22-15(18)20/h7-8H,2-6H2,1H3. The van der Waals surface area contributed by atoms with Crippen LogP contribution in [0, 0.1) is 11.3 Å². The molecule has 0 unspecified atom stereocenters. The first-order valence-corrected chi connectivity index (χ1v) is 7.83. The van der Waals surface area contributed by atoms with Crippen LogP contribution >= 0.6 is 15.9 Å². The lowest BCUT2D eigenvalue weighted by molar-refractivity contribution is -0.134. The van der Waals surface area contributed by atoms with Crippen LogP contribution in [0.15, 0.2) is 16.6 Å². The molecule has 1 aromatic rings. The van der Waals surface area contributed by atoms with Gasteiger partial charge >= 0.3 is 12.1 Å². The summed E-state index contributed by atoms with van der Waals surface area (Å²) < 4.78 is 16.0. The lowest BCUT2D eigenvalue weighted by Gasteiger charge is -2.14. The molecule has 0 bridgehead atoms. The first-order chi connectivity index (χ1) is 11.0. The van der Waals surface area contributed by atoms with Gasteiger partial charge in [0.2, 0.25) is 0 Å². The minimum absolute atomic E-state index is 0.0348. The van der Waals surface area contributed by atoms with Crippen molar-refractivity contribution in [2.24, 2.45) is 0 Å². The third kappa shape index (κ3) is 4.36. The topological polar surface area (TPSA) is 88.9 Å². The number of nitriles is 1. The van der Waals surface area contributed by atoms with Gasteiger partial charge in [-0.25, -0.2) is 4.79 Å². The van der Waals surface area contributed by atoms with Crippen molar-refractivity contribution in [3.8, 4) is 17.6 Å². The van der Waals surface area contributed by atoms with Gasteiger partial charge in [-0.05, 0) is 28.9 Å². The van der Waals surface area contributed by atoms with Crippen LogP contribution in [0.2, 0.25) is 0 Å². The van der Waals surface area contributed by atoms with Gasteiger partial charge in [-0.3, -0.25) is 4.79 Å². The van der Waals surface area contributed by atoms with Crippen molar-refractivity contribution in [1.29, 1.82) is 5.26 Å². The Morgan fingerprint density at radius 3 is 2.91 bits per heavy atom. The molecule has 122 valence electrons. The number of benzene rings is 1. The maximum atomic E-state index is 12.0. The molecule has 0 atom stereocenters. The molecule has 7 nitrogen and oxygen atoms in total. The highest BCUT2D eigenvalue weighted by Crippen LogP contribution is 2.37. The van der Waals surface area contributed by atoms with Crippen molar-refractivity contribution in [1.82, 2.24) is 4.90 Å². The van der Waals surface area contributed by atoms with Gasteiger partial charge in [0.1, 0.15) is 6.61 Å². The zero-order chi connectivity index (χ0) is 16.8. The summed E-state index contributed by atoms with van der Waals surface area (Å²) in [7, 11) is 0. The van der Waals surface area contributed by atoms with Crippen LogP contribution in [0.5, 0.6) is 11.5 Å². The zero-order valence-corrected chi connectivity index (χ0v) is 14.1. The first-order valence-electron chi connectivity index (χ1n) is 7.04. The van der Waals surface area contributed by atoms with Crippen molar-refractivity contribution in [3.63, 3.8) is 0 Å². The predicted octanol–water partition coefficient (Wildman–Crippen LogP) is 2.47. The van der Waals surface area contributed by atoms with E-state index in [2.05, 4.69) is 15.9 Å². The van der Waals surface area contributed by atoms with Gasteiger partial charge in [0.25, 0.3) is 0 Å². The van der Waals surface area contributed by atoms with E-state index in [0.29, 0.717) is 35.5 Å². The van der Waals surface area contributed by atoms with Crippen LogP contribution in [0.3, 0.4) is 0 Å². The molecule has 23 heavy (non-hydrogen) atoms. The Morgan fingerprint density at radius 2 is 2.30 bits per heavy atom. The lowest BCUT2D eigenvalue weighted by Crippen LogP contribution is -2.28. The van der Waals surface area contributed by atoms with Crippen LogP contribution in [0.25, 0.3) is 0 Å².